The molecule has 13 heteroatoms. The zero-order chi connectivity index (χ0) is 55.6. The highest BCUT2D eigenvalue weighted by Gasteiger charge is 2.40. The van der Waals surface area contributed by atoms with Crippen molar-refractivity contribution >= 4 is 43.6 Å². The van der Waals surface area contributed by atoms with Crippen molar-refractivity contribution in [3.8, 4) is 97.4 Å². The lowest BCUT2D eigenvalue weighted by atomic mass is 9.92. The Morgan fingerprint density at radius 3 is 0.838 bits per heavy atom. The van der Waals surface area contributed by atoms with Crippen molar-refractivity contribution in [2.45, 2.75) is 12.4 Å². The number of alkyl halides is 6. The number of rotatable bonds is 7. The number of nitriles is 5. The maximum Gasteiger partial charge on any atom is 0.417 e. The van der Waals surface area contributed by atoms with Gasteiger partial charge in [0.1, 0.15) is 0 Å². The van der Waals surface area contributed by atoms with Gasteiger partial charge in [-0.1, -0.05) is 103 Å². The minimum Gasteiger partial charge on any atom is -0.308 e. The minimum absolute atomic E-state index is 0.00204. The van der Waals surface area contributed by atoms with E-state index in [1.807, 2.05) is 72.8 Å². The van der Waals surface area contributed by atoms with Gasteiger partial charge in [-0.05, 0) is 147 Å². The Labute approximate surface area is 452 Å². The number of fused-ring (bicyclic) bond motifs is 6. The number of hydrogen-bond acceptors (Lipinski definition) is 5. The Hall–Kier alpha value is -11.2. The van der Waals surface area contributed by atoms with Crippen LogP contribution in [0.1, 0.15) is 38.9 Å². The maximum atomic E-state index is 16.1. The van der Waals surface area contributed by atoms with Gasteiger partial charge in [-0.3, -0.25) is 0 Å². The van der Waals surface area contributed by atoms with E-state index in [9.17, 15) is 39.5 Å². The molecule has 0 spiro atoms. The van der Waals surface area contributed by atoms with Crippen LogP contribution < -0.4 is 0 Å². The van der Waals surface area contributed by atoms with Crippen molar-refractivity contribution in [2.75, 3.05) is 0 Å². The van der Waals surface area contributed by atoms with Crippen molar-refractivity contribution in [1.29, 1.82) is 26.3 Å². The lowest BCUT2D eigenvalue weighted by Gasteiger charge is -2.24. The molecule has 0 N–H and O–H groups in total. The van der Waals surface area contributed by atoms with Crippen LogP contribution in [0.2, 0.25) is 0 Å². The van der Waals surface area contributed by atoms with Crippen LogP contribution in [0.3, 0.4) is 0 Å². The van der Waals surface area contributed by atoms with Gasteiger partial charge in [0, 0.05) is 27.1 Å². The summed E-state index contributed by atoms with van der Waals surface area (Å²) in [4.78, 5) is 0. The van der Waals surface area contributed by atoms with Crippen LogP contribution in [0.4, 0.5) is 26.3 Å². The summed E-state index contributed by atoms with van der Waals surface area (Å²) in [5.41, 5.74) is 5.20. The second-order valence-corrected chi connectivity index (χ2v) is 19.1. The molecule has 0 radical (unpaired) electrons. The van der Waals surface area contributed by atoms with Crippen molar-refractivity contribution in [2.24, 2.45) is 0 Å². The van der Waals surface area contributed by atoms with Gasteiger partial charge < -0.3 is 9.13 Å². The predicted octanol–water partition coefficient (Wildman–Crippen LogP) is 17.6. The molecule has 0 unspecified atom stereocenters. The molecule has 2 heterocycles. The topological polar surface area (TPSA) is 129 Å². The molecule has 0 bridgehead atoms. The fourth-order valence-corrected chi connectivity index (χ4v) is 10.7. The number of hydrogen-bond donors (Lipinski definition) is 0. The molecular weight excluding hydrogens is 1020 g/mol. The first-order valence-corrected chi connectivity index (χ1v) is 24.7. The molecule has 0 saturated heterocycles. The van der Waals surface area contributed by atoms with Gasteiger partial charge in [-0.25, -0.2) is 0 Å². The second-order valence-electron chi connectivity index (χ2n) is 19.1. The molecule has 0 atom stereocenters. The molecule has 0 fully saturated rings. The molecule has 0 amide bonds. The van der Waals surface area contributed by atoms with E-state index in [4.69, 9.17) is 0 Å². The molecule has 10 aromatic carbocycles. The highest BCUT2D eigenvalue weighted by atomic mass is 19.4. The van der Waals surface area contributed by atoms with E-state index in [2.05, 4.69) is 30.3 Å². The first-order valence-electron chi connectivity index (χ1n) is 24.7. The Morgan fingerprint density at radius 1 is 0.287 bits per heavy atom. The number of aromatic nitrogens is 2. The average Bonchev–Trinajstić information content (AvgIpc) is 4.03. The average molecular weight is 1050 g/mol. The van der Waals surface area contributed by atoms with E-state index in [1.165, 1.54) is 12.1 Å². The quantitative estimate of drug-likeness (QED) is 0.147. The van der Waals surface area contributed by atoms with Crippen LogP contribution in [0.15, 0.2) is 200 Å². The summed E-state index contributed by atoms with van der Waals surface area (Å²) in [6, 6.07) is 65.2. The van der Waals surface area contributed by atoms with Crippen LogP contribution in [0.25, 0.3) is 111 Å². The zero-order valence-corrected chi connectivity index (χ0v) is 41.5. The van der Waals surface area contributed by atoms with E-state index in [0.717, 1.165) is 6.07 Å². The molecule has 7 nitrogen and oxygen atoms in total. The summed E-state index contributed by atoms with van der Waals surface area (Å²) < 4.78 is 95.8. The van der Waals surface area contributed by atoms with Crippen LogP contribution in [-0.4, -0.2) is 9.13 Å². The first-order chi connectivity index (χ1) is 38.7. The van der Waals surface area contributed by atoms with Crippen LogP contribution in [0, 0.1) is 56.7 Å². The third kappa shape index (κ3) is 8.57. The molecule has 378 valence electrons. The molecule has 12 rings (SSSR count). The molecule has 0 aliphatic heterocycles. The second kappa shape index (κ2) is 19.1. The van der Waals surface area contributed by atoms with Gasteiger partial charge in [0.05, 0.1) is 103 Å². The van der Waals surface area contributed by atoms with Crippen LogP contribution in [-0.2, 0) is 12.4 Å². The normalized spacial score (nSPS) is 11.6. The summed E-state index contributed by atoms with van der Waals surface area (Å²) in [6.07, 6.45) is -10.5. The standard InChI is InChI=1S/C67H33F6N7/c68-66(69,70)52-21-26-57(58(33-52)67(71,72)73)65-63(79-59-29-48(44-9-1-39(34-74)2-10-44)17-22-53(59)54-23-18-49(30-60(54)79)45-11-3-40(35-75)4-12-45)27-43(38-78)28-64(65)80-61-31-50(46-13-5-41(36-76)6-14-46)19-24-55(61)56-25-20-51(32-62(56)80)47-15-7-42(37-77)8-16-47/h1-33H. The fourth-order valence-electron chi connectivity index (χ4n) is 10.7. The third-order valence-corrected chi connectivity index (χ3v) is 14.6. The number of nitrogens with zero attached hydrogens (tertiary/aromatic N) is 7. The summed E-state index contributed by atoms with van der Waals surface area (Å²) in [6.45, 7) is 0. The highest BCUT2D eigenvalue weighted by molar-refractivity contribution is 6.14. The summed E-state index contributed by atoms with van der Waals surface area (Å²) >= 11 is 0. The summed E-state index contributed by atoms with van der Waals surface area (Å²) in [5, 5.41) is 52.3. The smallest absolute Gasteiger partial charge is 0.308 e. The molecular formula is C67H33F6N7. The van der Waals surface area contributed by atoms with Gasteiger partial charge in [-0.2, -0.15) is 52.7 Å². The van der Waals surface area contributed by atoms with Gasteiger partial charge in [0.2, 0.25) is 0 Å². The molecule has 0 aliphatic rings. The van der Waals surface area contributed by atoms with Gasteiger partial charge in [0.25, 0.3) is 0 Å². The van der Waals surface area contributed by atoms with E-state index < -0.39 is 29.0 Å². The van der Waals surface area contributed by atoms with Gasteiger partial charge in [-0.15, -0.1) is 0 Å². The lowest BCUT2D eigenvalue weighted by molar-refractivity contribution is -0.142. The highest BCUT2D eigenvalue weighted by Crippen LogP contribution is 2.49. The molecule has 0 aliphatic carbocycles. The van der Waals surface area contributed by atoms with E-state index in [1.54, 1.807) is 106 Å². The van der Waals surface area contributed by atoms with E-state index in [-0.39, 0.29) is 28.6 Å². The van der Waals surface area contributed by atoms with Crippen LogP contribution >= 0.6 is 0 Å². The van der Waals surface area contributed by atoms with Crippen molar-refractivity contribution < 1.29 is 26.3 Å². The Balaban J connectivity index is 1.27. The van der Waals surface area contributed by atoms with Gasteiger partial charge in [0.15, 0.2) is 0 Å². The maximum absolute atomic E-state index is 16.1. The SMILES string of the molecule is N#Cc1ccc(-c2ccc3c4ccc(-c5ccc(C#N)cc5)cc4n(-c4cc(C#N)cc(-n5c6cc(-c7ccc(C#N)cc7)ccc6c6ccc(-c7ccc(C#N)cc7)cc65)c4-c4ccc(C(F)(F)F)cc4C(F)(F)F)c3c2)cc1. The van der Waals surface area contributed by atoms with Crippen LogP contribution in [0.5, 0.6) is 0 Å². The molecule has 80 heavy (non-hydrogen) atoms. The zero-order valence-electron chi connectivity index (χ0n) is 41.5. The summed E-state index contributed by atoms with van der Waals surface area (Å²) in [5.74, 6) is 0. The molecule has 12 aromatic rings. The largest absolute Gasteiger partial charge is 0.417 e. The number of benzene rings is 10. The van der Waals surface area contributed by atoms with E-state index >= 15 is 13.2 Å². The minimum atomic E-state index is -5.36. The lowest BCUT2D eigenvalue weighted by Crippen LogP contribution is -2.14. The third-order valence-electron chi connectivity index (χ3n) is 14.6. The van der Waals surface area contributed by atoms with Gasteiger partial charge >= 0.3 is 12.4 Å². The first kappa shape index (κ1) is 49.7. The Morgan fingerprint density at radius 2 is 0.575 bits per heavy atom. The Bertz CT molecular complexity index is 4270. The van der Waals surface area contributed by atoms with Crippen molar-refractivity contribution in [3.63, 3.8) is 0 Å². The summed E-state index contributed by atoms with van der Waals surface area (Å²) in [7, 11) is 0. The Kier molecular flexibility index (Phi) is 11.9. The van der Waals surface area contributed by atoms with Crippen molar-refractivity contribution in [1.82, 2.24) is 9.13 Å². The number of halogens is 6. The molecule has 2 aromatic heterocycles. The van der Waals surface area contributed by atoms with E-state index in [0.29, 0.717) is 116 Å². The molecule has 0 saturated carbocycles. The monoisotopic (exact) mass is 1050 g/mol. The predicted molar refractivity (Wildman–Crippen MR) is 296 cm³/mol. The fraction of sp³-hybridized carbons (Fsp3) is 0.0299. The van der Waals surface area contributed by atoms with Crippen molar-refractivity contribution in [3.05, 3.63) is 239 Å².